The highest BCUT2D eigenvalue weighted by atomic mass is 32.2. The van der Waals surface area contributed by atoms with Gasteiger partial charge in [-0.25, -0.2) is 17.9 Å². The Kier molecular flexibility index (Phi) is 4.33. The van der Waals surface area contributed by atoms with E-state index in [0.29, 0.717) is 11.3 Å². The van der Waals surface area contributed by atoms with Crippen LogP contribution >= 0.6 is 11.3 Å². The van der Waals surface area contributed by atoms with E-state index in [4.69, 9.17) is 10.8 Å². The molecule has 19 heavy (non-hydrogen) atoms. The second-order valence-corrected chi connectivity index (χ2v) is 7.57. The van der Waals surface area contributed by atoms with E-state index in [9.17, 15) is 18.0 Å². The standard InChI is InChI=1S/C10H14N2O5S2/c1-10(2,9(11)15)5-12-19(16,17)7-4-3-6(18-7)8(13)14/h3-4,12H,5H2,1-2H3,(H2,11,15)(H,13,14). The number of nitrogens with two attached hydrogens (primary N) is 1. The Hall–Kier alpha value is -1.45. The number of nitrogens with one attached hydrogen (secondary N) is 1. The summed E-state index contributed by atoms with van der Waals surface area (Å²) in [6, 6.07) is 2.41. The minimum Gasteiger partial charge on any atom is -0.477 e. The second-order valence-electron chi connectivity index (χ2n) is 4.50. The molecular formula is C10H14N2O5S2. The Morgan fingerprint density at radius 3 is 2.42 bits per heavy atom. The zero-order chi connectivity index (χ0) is 14.8. The van der Waals surface area contributed by atoms with Gasteiger partial charge in [-0.1, -0.05) is 0 Å². The molecule has 0 radical (unpaired) electrons. The molecule has 106 valence electrons. The summed E-state index contributed by atoms with van der Waals surface area (Å²) in [5.74, 6) is -1.82. The largest absolute Gasteiger partial charge is 0.477 e. The molecule has 0 fully saturated rings. The van der Waals surface area contributed by atoms with Gasteiger partial charge in [0, 0.05) is 6.54 Å². The van der Waals surface area contributed by atoms with Crippen molar-refractivity contribution < 1.29 is 23.1 Å². The van der Waals surface area contributed by atoms with Crippen LogP contribution in [0.1, 0.15) is 23.5 Å². The maximum Gasteiger partial charge on any atom is 0.345 e. The predicted octanol–water partition coefficient (Wildman–Crippen LogP) is 0.236. The summed E-state index contributed by atoms with van der Waals surface area (Å²) in [7, 11) is -3.84. The van der Waals surface area contributed by atoms with Crippen LogP contribution in [0, 0.1) is 5.41 Å². The smallest absolute Gasteiger partial charge is 0.345 e. The first-order valence-electron chi connectivity index (χ1n) is 5.19. The molecule has 7 nitrogen and oxygen atoms in total. The number of carbonyl (C=O) groups excluding carboxylic acids is 1. The van der Waals surface area contributed by atoms with Crippen LogP contribution in [0.2, 0.25) is 0 Å². The van der Waals surface area contributed by atoms with Crippen LogP contribution in [0.15, 0.2) is 16.3 Å². The summed E-state index contributed by atoms with van der Waals surface area (Å²) in [6.07, 6.45) is 0. The minimum absolute atomic E-state index is 0.0745. The van der Waals surface area contributed by atoms with Gasteiger partial charge in [-0.05, 0) is 26.0 Å². The zero-order valence-electron chi connectivity index (χ0n) is 10.3. The third-order valence-electron chi connectivity index (χ3n) is 2.43. The molecule has 0 aromatic carbocycles. The van der Waals surface area contributed by atoms with Crippen LogP contribution < -0.4 is 10.5 Å². The van der Waals surface area contributed by atoms with E-state index in [-0.39, 0.29) is 15.6 Å². The number of primary amides is 1. The molecule has 1 heterocycles. The SMILES string of the molecule is CC(C)(CNS(=O)(=O)c1ccc(C(=O)O)s1)C(N)=O. The lowest BCUT2D eigenvalue weighted by molar-refractivity contribution is -0.125. The summed E-state index contributed by atoms with van der Waals surface area (Å²) in [5.41, 5.74) is 4.11. The number of carbonyl (C=O) groups is 2. The quantitative estimate of drug-likeness (QED) is 0.693. The van der Waals surface area contributed by atoms with Gasteiger partial charge < -0.3 is 10.8 Å². The number of thiophene rings is 1. The summed E-state index contributed by atoms with van der Waals surface area (Å²) in [5, 5.41) is 8.73. The number of aromatic carboxylic acids is 1. The van der Waals surface area contributed by atoms with E-state index in [2.05, 4.69) is 4.72 Å². The molecule has 4 N–H and O–H groups in total. The van der Waals surface area contributed by atoms with Crippen LogP contribution in [0.5, 0.6) is 0 Å². The maximum atomic E-state index is 11.9. The number of rotatable bonds is 6. The van der Waals surface area contributed by atoms with Gasteiger partial charge in [-0.3, -0.25) is 4.79 Å². The third-order valence-corrected chi connectivity index (χ3v) is 5.39. The molecule has 0 bridgehead atoms. The van der Waals surface area contributed by atoms with Gasteiger partial charge in [-0.2, -0.15) is 0 Å². The van der Waals surface area contributed by atoms with E-state index >= 15 is 0 Å². The van der Waals surface area contributed by atoms with Crippen LogP contribution in [-0.4, -0.2) is 31.9 Å². The lowest BCUT2D eigenvalue weighted by atomic mass is 9.93. The van der Waals surface area contributed by atoms with Gasteiger partial charge in [0.25, 0.3) is 0 Å². The highest BCUT2D eigenvalue weighted by Crippen LogP contribution is 2.22. The molecule has 1 amide bonds. The van der Waals surface area contributed by atoms with Crippen molar-refractivity contribution in [1.29, 1.82) is 0 Å². The molecule has 0 aliphatic heterocycles. The van der Waals surface area contributed by atoms with E-state index in [1.807, 2.05) is 0 Å². The van der Waals surface area contributed by atoms with Crippen molar-refractivity contribution in [1.82, 2.24) is 4.72 Å². The fraction of sp³-hybridized carbons (Fsp3) is 0.400. The molecule has 0 spiro atoms. The van der Waals surface area contributed by atoms with Gasteiger partial charge in [0.1, 0.15) is 9.09 Å². The van der Waals surface area contributed by atoms with Gasteiger partial charge in [0.2, 0.25) is 15.9 Å². The number of hydrogen-bond donors (Lipinski definition) is 3. The van der Waals surface area contributed by atoms with Crippen molar-refractivity contribution >= 4 is 33.2 Å². The minimum atomic E-state index is -3.84. The first-order valence-corrected chi connectivity index (χ1v) is 7.49. The fourth-order valence-electron chi connectivity index (χ4n) is 1.01. The lowest BCUT2D eigenvalue weighted by Crippen LogP contribution is -2.42. The van der Waals surface area contributed by atoms with E-state index < -0.39 is 27.3 Å². The molecule has 0 aliphatic carbocycles. The lowest BCUT2D eigenvalue weighted by Gasteiger charge is -2.20. The highest BCUT2D eigenvalue weighted by molar-refractivity contribution is 7.91. The Bertz CT molecular complexity index is 603. The number of carboxylic acid groups (broad SMARTS) is 1. The Labute approximate surface area is 114 Å². The summed E-state index contributed by atoms with van der Waals surface area (Å²) >= 11 is 0.641. The zero-order valence-corrected chi connectivity index (χ0v) is 12.0. The fourth-order valence-corrected chi connectivity index (χ4v) is 3.41. The average molecular weight is 306 g/mol. The van der Waals surface area contributed by atoms with Crippen molar-refractivity contribution in [3.8, 4) is 0 Å². The van der Waals surface area contributed by atoms with Crippen LogP contribution in [0.3, 0.4) is 0 Å². The first-order chi connectivity index (χ1) is 8.56. The number of amides is 1. The van der Waals surface area contributed by atoms with Crippen LogP contribution in [0.25, 0.3) is 0 Å². The molecule has 9 heteroatoms. The molecular weight excluding hydrogens is 292 g/mol. The average Bonchev–Trinajstić information content (AvgIpc) is 2.76. The Morgan fingerprint density at radius 1 is 1.42 bits per heavy atom. The molecule has 1 aromatic heterocycles. The van der Waals surface area contributed by atoms with Gasteiger partial charge in [0.05, 0.1) is 5.41 Å². The van der Waals surface area contributed by atoms with Crippen molar-refractivity contribution in [3.05, 3.63) is 17.0 Å². The molecule has 1 rings (SSSR count). The van der Waals surface area contributed by atoms with E-state index in [0.717, 1.165) is 0 Å². The topological polar surface area (TPSA) is 127 Å². The van der Waals surface area contributed by atoms with E-state index in [1.54, 1.807) is 0 Å². The van der Waals surface area contributed by atoms with Crippen molar-refractivity contribution in [2.24, 2.45) is 11.1 Å². The predicted molar refractivity (Wildman–Crippen MR) is 69.4 cm³/mol. The normalized spacial score (nSPS) is 12.3. The first kappa shape index (κ1) is 15.6. The van der Waals surface area contributed by atoms with Crippen LogP contribution in [-0.2, 0) is 14.8 Å². The summed E-state index contributed by atoms with van der Waals surface area (Å²) in [6.45, 7) is 2.86. The Morgan fingerprint density at radius 2 is 2.00 bits per heavy atom. The highest BCUT2D eigenvalue weighted by Gasteiger charge is 2.28. The van der Waals surface area contributed by atoms with Crippen molar-refractivity contribution in [2.45, 2.75) is 18.1 Å². The Balaban J connectivity index is 2.87. The van der Waals surface area contributed by atoms with Crippen molar-refractivity contribution in [3.63, 3.8) is 0 Å². The summed E-state index contributed by atoms with van der Waals surface area (Å²) < 4.78 is 25.9. The van der Waals surface area contributed by atoms with Crippen molar-refractivity contribution in [2.75, 3.05) is 6.54 Å². The molecule has 0 saturated carbocycles. The van der Waals surface area contributed by atoms with Gasteiger partial charge in [0.15, 0.2) is 0 Å². The number of hydrogen-bond acceptors (Lipinski definition) is 5. The number of carboxylic acids is 1. The molecule has 0 unspecified atom stereocenters. The maximum absolute atomic E-state index is 11.9. The molecule has 0 saturated heterocycles. The number of sulfonamides is 1. The monoisotopic (exact) mass is 306 g/mol. The van der Waals surface area contributed by atoms with Crippen LogP contribution in [0.4, 0.5) is 0 Å². The third kappa shape index (κ3) is 3.75. The van der Waals surface area contributed by atoms with Gasteiger partial charge in [-0.15, -0.1) is 11.3 Å². The molecule has 0 aliphatic rings. The summed E-state index contributed by atoms with van der Waals surface area (Å²) in [4.78, 5) is 21.7. The van der Waals surface area contributed by atoms with Gasteiger partial charge >= 0.3 is 5.97 Å². The molecule has 0 atom stereocenters. The second kappa shape index (κ2) is 5.27. The molecule has 1 aromatic rings. The van der Waals surface area contributed by atoms with E-state index in [1.165, 1.54) is 26.0 Å².